The van der Waals surface area contributed by atoms with Gasteiger partial charge < -0.3 is 14.5 Å². The Morgan fingerprint density at radius 3 is 2.71 bits per heavy atom. The average molecular weight is 388 g/mol. The first-order valence-corrected chi connectivity index (χ1v) is 8.89. The lowest BCUT2D eigenvalue weighted by molar-refractivity contribution is -0.121. The summed E-state index contributed by atoms with van der Waals surface area (Å²) >= 11 is 0. The lowest BCUT2D eigenvalue weighted by Crippen LogP contribution is -2.28. The number of aryl methyl sites for hydroxylation is 1. The van der Waals surface area contributed by atoms with Crippen molar-refractivity contribution < 1.29 is 14.3 Å². The van der Waals surface area contributed by atoms with Crippen LogP contribution >= 0.6 is 0 Å². The average Bonchev–Trinajstić information content (AvgIpc) is 2.65. The molecule has 1 aromatic carbocycles. The molecule has 1 heterocycles. The normalized spacial score (nSPS) is 10.8. The lowest BCUT2D eigenvalue weighted by Gasteiger charge is -2.10. The first-order chi connectivity index (χ1) is 13.4. The van der Waals surface area contributed by atoms with Gasteiger partial charge >= 0.3 is 5.69 Å². The van der Waals surface area contributed by atoms with Crippen LogP contribution in [0.25, 0.3) is 0 Å². The summed E-state index contributed by atoms with van der Waals surface area (Å²) < 4.78 is 10.9. The Balaban J connectivity index is 1.93. The number of hydrazone groups is 1. The maximum absolute atomic E-state index is 11.9. The Kier molecular flexibility index (Phi) is 7.55. The molecule has 9 nitrogen and oxygen atoms in total. The quantitative estimate of drug-likeness (QED) is 0.440. The molecule has 0 unspecified atom stereocenters. The number of nitrogens with zero attached hydrogens (tertiary/aromatic N) is 1. The van der Waals surface area contributed by atoms with Gasteiger partial charge in [-0.15, -0.1) is 0 Å². The number of hydrogen-bond donors (Lipinski definition) is 3. The van der Waals surface area contributed by atoms with E-state index in [0.29, 0.717) is 29.4 Å². The molecule has 0 aliphatic heterocycles. The van der Waals surface area contributed by atoms with E-state index in [1.54, 1.807) is 32.2 Å². The molecule has 0 aliphatic carbocycles. The van der Waals surface area contributed by atoms with Crippen LogP contribution < -0.4 is 26.1 Å². The maximum Gasteiger partial charge on any atom is 0.325 e. The highest BCUT2D eigenvalue weighted by atomic mass is 16.5. The molecule has 1 aromatic heterocycles. The van der Waals surface area contributed by atoms with Gasteiger partial charge in [0, 0.05) is 17.7 Å². The number of aromatic amines is 2. The molecule has 28 heavy (non-hydrogen) atoms. The summed E-state index contributed by atoms with van der Waals surface area (Å²) in [5.74, 6) is 0.875. The summed E-state index contributed by atoms with van der Waals surface area (Å²) in [6, 6.07) is 5.33. The predicted octanol–water partition coefficient (Wildman–Crippen LogP) is 1.25. The van der Waals surface area contributed by atoms with Crippen LogP contribution in [0.3, 0.4) is 0 Å². The molecule has 150 valence electrons. The molecule has 1 amide bonds. The van der Waals surface area contributed by atoms with Crippen LogP contribution in [0.1, 0.15) is 36.6 Å². The molecule has 0 atom stereocenters. The van der Waals surface area contributed by atoms with E-state index in [0.717, 1.165) is 12.0 Å². The number of hydrogen-bond acceptors (Lipinski definition) is 6. The molecule has 0 aliphatic rings. The van der Waals surface area contributed by atoms with Crippen molar-refractivity contribution in [2.24, 2.45) is 5.10 Å². The highest BCUT2D eigenvalue weighted by molar-refractivity contribution is 5.83. The van der Waals surface area contributed by atoms with Gasteiger partial charge in [-0.25, -0.2) is 10.2 Å². The number of carbonyl (C=O) groups is 1. The zero-order valence-corrected chi connectivity index (χ0v) is 16.1. The second-order valence-electron chi connectivity index (χ2n) is 6.06. The fourth-order valence-electron chi connectivity index (χ4n) is 2.50. The van der Waals surface area contributed by atoms with Crippen LogP contribution in [-0.4, -0.2) is 35.8 Å². The first kappa shape index (κ1) is 20.9. The first-order valence-electron chi connectivity index (χ1n) is 8.89. The van der Waals surface area contributed by atoms with Crippen LogP contribution in [0, 0.1) is 6.92 Å². The van der Waals surface area contributed by atoms with Crippen molar-refractivity contribution in [1.29, 1.82) is 0 Å². The van der Waals surface area contributed by atoms with E-state index in [9.17, 15) is 14.4 Å². The Labute approximate surface area is 161 Å². The lowest BCUT2D eigenvalue weighted by atomic mass is 10.1. The van der Waals surface area contributed by atoms with Gasteiger partial charge in [0.05, 0.1) is 19.9 Å². The number of aromatic nitrogens is 2. The van der Waals surface area contributed by atoms with Crippen LogP contribution in [-0.2, 0) is 11.2 Å². The zero-order chi connectivity index (χ0) is 20.5. The molecular weight excluding hydrogens is 364 g/mol. The van der Waals surface area contributed by atoms with Gasteiger partial charge in [0.1, 0.15) is 0 Å². The highest BCUT2D eigenvalue weighted by Crippen LogP contribution is 2.27. The largest absolute Gasteiger partial charge is 0.493 e. The summed E-state index contributed by atoms with van der Waals surface area (Å²) in [6.45, 7) is 4.23. The minimum Gasteiger partial charge on any atom is -0.493 e. The van der Waals surface area contributed by atoms with Crippen molar-refractivity contribution in [2.45, 2.75) is 33.1 Å². The molecule has 3 N–H and O–H groups in total. The Morgan fingerprint density at radius 1 is 1.25 bits per heavy atom. The Morgan fingerprint density at radius 2 is 2.04 bits per heavy atom. The highest BCUT2D eigenvalue weighted by Gasteiger charge is 2.09. The van der Waals surface area contributed by atoms with Crippen LogP contribution in [0.4, 0.5) is 0 Å². The number of carbonyl (C=O) groups excluding carboxylic acids is 1. The molecule has 0 radical (unpaired) electrons. The van der Waals surface area contributed by atoms with E-state index in [1.807, 2.05) is 6.92 Å². The second-order valence-corrected chi connectivity index (χ2v) is 6.06. The summed E-state index contributed by atoms with van der Waals surface area (Å²) in [5, 5.41) is 3.92. The van der Waals surface area contributed by atoms with E-state index < -0.39 is 11.2 Å². The van der Waals surface area contributed by atoms with E-state index in [4.69, 9.17) is 9.47 Å². The van der Waals surface area contributed by atoms with Gasteiger partial charge in [-0.1, -0.05) is 6.92 Å². The number of rotatable bonds is 9. The molecule has 0 saturated carbocycles. The summed E-state index contributed by atoms with van der Waals surface area (Å²) in [4.78, 5) is 39.5. The minimum absolute atomic E-state index is 0.0560. The summed E-state index contributed by atoms with van der Waals surface area (Å²) in [7, 11) is 1.55. The number of H-pyrrole nitrogens is 2. The third-order valence-electron chi connectivity index (χ3n) is 3.91. The van der Waals surface area contributed by atoms with Gasteiger partial charge in [-0.2, -0.15) is 5.10 Å². The van der Waals surface area contributed by atoms with Gasteiger partial charge in [-0.3, -0.25) is 14.6 Å². The second kappa shape index (κ2) is 10.1. The van der Waals surface area contributed by atoms with Crippen molar-refractivity contribution in [2.75, 3.05) is 13.7 Å². The van der Waals surface area contributed by atoms with Crippen LogP contribution in [0.15, 0.2) is 32.9 Å². The molecule has 2 rings (SSSR count). The third kappa shape index (κ3) is 5.83. The molecule has 2 aromatic rings. The SMILES string of the molecule is CCCOc1ccc(/C=N/NC(=O)CCc2c(C)[nH]c(=O)[nH]c2=O)cc1OC. The van der Waals surface area contributed by atoms with Crippen molar-refractivity contribution in [3.05, 3.63) is 55.9 Å². The predicted molar refractivity (Wildman–Crippen MR) is 105 cm³/mol. The van der Waals surface area contributed by atoms with E-state index >= 15 is 0 Å². The van der Waals surface area contributed by atoms with E-state index in [2.05, 4.69) is 20.5 Å². The zero-order valence-electron chi connectivity index (χ0n) is 16.1. The monoisotopic (exact) mass is 388 g/mol. The van der Waals surface area contributed by atoms with Crippen molar-refractivity contribution >= 4 is 12.1 Å². The third-order valence-corrected chi connectivity index (χ3v) is 3.91. The maximum atomic E-state index is 11.9. The van der Waals surface area contributed by atoms with Crippen LogP contribution in [0.5, 0.6) is 11.5 Å². The molecule has 0 bridgehead atoms. The van der Waals surface area contributed by atoms with Crippen molar-refractivity contribution in [1.82, 2.24) is 15.4 Å². The Hall–Kier alpha value is -3.36. The van der Waals surface area contributed by atoms with Crippen LogP contribution in [0.2, 0.25) is 0 Å². The van der Waals surface area contributed by atoms with E-state index in [-0.39, 0.29) is 18.7 Å². The van der Waals surface area contributed by atoms with Gasteiger partial charge in [-0.05, 0) is 43.5 Å². The van der Waals surface area contributed by atoms with Gasteiger partial charge in [0.15, 0.2) is 11.5 Å². The standard InChI is InChI=1S/C19H24N4O5/c1-4-9-28-15-7-5-13(10-16(15)27-3)11-20-23-17(24)8-6-14-12(2)21-19(26)22-18(14)25/h5,7,10-11H,4,6,8-9H2,1-3H3,(H,23,24)(H2,21,22,25,26)/b20-11+. The summed E-state index contributed by atoms with van der Waals surface area (Å²) in [5.41, 5.74) is 2.90. The number of amides is 1. The molecule has 0 saturated heterocycles. The van der Waals surface area contributed by atoms with Gasteiger partial charge in [0.2, 0.25) is 5.91 Å². The molecule has 0 spiro atoms. The minimum atomic E-state index is -0.568. The summed E-state index contributed by atoms with van der Waals surface area (Å²) in [6.07, 6.45) is 2.63. The van der Waals surface area contributed by atoms with E-state index in [1.165, 1.54) is 6.21 Å². The number of ether oxygens (including phenoxy) is 2. The van der Waals surface area contributed by atoms with Crippen molar-refractivity contribution in [3.63, 3.8) is 0 Å². The fourth-order valence-corrected chi connectivity index (χ4v) is 2.50. The van der Waals surface area contributed by atoms with Gasteiger partial charge in [0.25, 0.3) is 5.56 Å². The number of nitrogens with one attached hydrogen (secondary N) is 3. The number of benzene rings is 1. The molecular formula is C19H24N4O5. The molecule has 0 fully saturated rings. The molecule has 9 heteroatoms. The number of methoxy groups -OCH3 is 1. The fraction of sp³-hybridized carbons (Fsp3) is 0.368. The Bertz CT molecular complexity index is 962. The smallest absolute Gasteiger partial charge is 0.325 e. The topological polar surface area (TPSA) is 126 Å². The van der Waals surface area contributed by atoms with Crippen molar-refractivity contribution in [3.8, 4) is 11.5 Å².